The Hall–Kier alpha value is -1.54. The van der Waals surface area contributed by atoms with E-state index in [1.54, 1.807) is 6.92 Å². The van der Waals surface area contributed by atoms with E-state index in [-0.39, 0.29) is 24.5 Å². The minimum absolute atomic E-state index is 0.189. The third-order valence-electron chi connectivity index (χ3n) is 3.52. The largest absolute Gasteiger partial charge is 0.453 e. The zero-order valence-electron chi connectivity index (χ0n) is 16.5. The first kappa shape index (κ1) is 28.5. The lowest BCUT2D eigenvalue weighted by atomic mass is 10.2. The highest BCUT2D eigenvalue weighted by Gasteiger charge is 2.69. The van der Waals surface area contributed by atoms with E-state index >= 15 is 0 Å². The molecule has 0 rings (SSSR count). The maximum Gasteiger partial charge on any atom is 0.453 e. The first-order valence-electron chi connectivity index (χ1n) is 8.89. The highest BCUT2D eigenvalue weighted by atomic mass is 19.3. The van der Waals surface area contributed by atoms with E-state index in [4.69, 9.17) is 4.74 Å². The minimum Gasteiger partial charge on any atom is -0.381 e. The monoisotopic (exact) mass is 461 g/mol. The first-order chi connectivity index (χ1) is 13.6. The van der Waals surface area contributed by atoms with Crippen LogP contribution in [0.2, 0.25) is 0 Å². The molecule has 0 N–H and O–H groups in total. The molecule has 0 bridgehead atoms. The van der Waals surface area contributed by atoms with Gasteiger partial charge < -0.3 is 9.64 Å². The molecule has 0 aromatic carbocycles. The normalized spacial score (nSPS) is 13.4. The lowest BCUT2D eigenvalue weighted by Gasteiger charge is -2.31. The zero-order chi connectivity index (χ0) is 23.8. The van der Waals surface area contributed by atoms with Crippen LogP contribution in [0.4, 0.5) is 35.1 Å². The van der Waals surface area contributed by atoms with Gasteiger partial charge in [-0.05, 0) is 26.7 Å². The molecular formula is C16H23F8NO5. The van der Waals surface area contributed by atoms with Crippen molar-refractivity contribution in [3.8, 4) is 0 Å². The van der Waals surface area contributed by atoms with Crippen LogP contribution in [0.5, 0.6) is 0 Å². The topological polar surface area (TPSA) is 65.1 Å². The molecule has 0 atom stereocenters. The number of likely N-dealkylation sites (N-methyl/N-ethyl adjacent to an activating group) is 1. The van der Waals surface area contributed by atoms with E-state index < -0.39 is 55.6 Å². The maximum absolute atomic E-state index is 13.6. The molecular weight excluding hydrogens is 438 g/mol. The Morgan fingerprint density at radius 3 is 1.67 bits per heavy atom. The second-order valence-corrected chi connectivity index (χ2v) is 5.89. The van der Waals surface area contributed by atoms with E-state index in [0.717, 1.165) is 0 Å². The highest BCUT2D eigenvalue weighted by molar-refractivity contribution is 5.84. The van der Waals surface area contributed by atoms with Crippen molar-refractivity contribution in [2.45, 2.75) is 64.5 Å². The smallest absolute Gasteiger partial charge is 0.381 e. The standard InChI is InChI=1S/C16H23F8NO5/c1-4-9-28-10-7-8-11(26)13(17,18)29-15(21,22)16(23,24)30-14(19,20)12(27)25(5-2)6-3/h4-10H2,1-3H3. The van der Waals surface area contributed by atoms with Crippen molar-refractivity contribution in [3.63, 3.8) is 0 Å². The van der Waals surface area contributed by atoms with Crippen LogP contribution in [-0.4, -0.2) is 67.3 Å². The summed E-state index contributed by atoms with van der Waals surface area (Å²) in [5, 5.41) is 0. The summed E-state index contributed by atoms with van der Waals surface area (Å²) in [4.78, 5) is 23.0. The number of amides is 1. The van der Waals surface area contributed by atoms with Gasteiger partial charge in [-0.3, -0.25) is 9.59 Å². The SMILES string of the molecule is CCCOCCCC(=O)C(F)(F)OC(F)(F)C(F)(F)OC(F)(F)C(=O)N(CC)CC. The van der Waals surface area contributed by atoms with Crippen molar-refractivity contribution in [1.82, 2.24) is 4.90 Å². The van der Waals surface area contributed by atoms with Crippen LogP contribution in [-0.2, 0) is 23.8 Å². The predicted octanol–water partition coefficient (Wildman–Crippen LogP) is 4.04. The second-order valence-electron chi connectivity index (χ2n) is 5.89. The molecule has 0 aliphatic carbocycles. The number of hydrogen-bond acceptors (Lipinski definition) is 5. The number of ketones is 1. The number of alkyl halides is 8. The Morgan fingerprint density at radius 1 is 0.767 bits per heavy atom. The molecule has 14 heteroatoms. The van der Waals surface area contributed by atoms with Crippen LogP contribution in [0.3, 0.4) is 0 Å². The van der Waals surface area contributed by atoms with Gasteiger partial charge in [-0.15, -0.1) is 0 Å². The van der Waals surface area contributed by atoms with Gasteiger partial charge in [-0.25, -0.2) is 9.47 Å². The van der Waals surface area contributed by atoms with Gasteiger partial charge >= 0.3 is 30.3 Å². The lowest BCUT2D eigenvalue weighted by molar-refractivity contribution is -0.500. The molecule has 0 unspecified atom stereocenters. The summed E-state index contributed by atoms with van der Waals surface area (Å²) in [6, 6.07) is 0. The molecule has 0 radical (unpaired) electrons. The fourth-order valence-corrected chi connectivity index (χ4v) is 1.96. The van der Waals surface area contributed by atoms with E-state index in [1.165, 1.54) is 13.8 Å². The van der Waals surface area contributed by atoms with Crippen molar-refractivity contribution in [2.75, 3.05) is 26.3 Å². The molecule has 0 aromatic heterocycles. The molecule has 0 fully saturated rings. The minimum atomic E-state index is -6.38. The van der Waals surface area contributed by atoms with Gasteiger partial charge in [0.2, 0.25) is 5.78 Å². The van der Waals surface area contributed by atoms with Gasteiger partial charge in [0.15, 0.2) is 0 Å². The Kier molecular flexibility index (Phi) is 10.6. The van der Waals surface area contributed by atoms with Crippen molar-refractivity contribution >= 4 is 11.7 Å². The molecule has 0 aliphatic heterocycles. The van der Waals surface area contributed by atoms with E-state index in [1.807, 2.05) is 0 Å². The maximum atomic E-state index is 13.6. The number of carbonyl (C=O) groups is 2. The van der Waals surface area contributed by atoms with Crippen molar-refractivity contribution in [2.24, 2.45) is 0 Å². The number of rotatable bonds is 15. The predicted molar refractivity (Wildman–Crippen MR) is 85.2 cm³/mol. The summed E-state index contributed by atoms with van der Waals surface area (Å²) in [7, 11) is 0. The van der Waals surface area contributed by atoms with Gasteiger partial charge in [0.1, 0.15) is 0 Å². The van der Waals surface area contributed by atoms with Gasteiger partial charge in [0.25, 0.3) is 0 Å². The van der Waals surface area contributed by atoms with Gasteiger partial charge in [-0.2, -0.15) is 35.1 Å². The average molecular weight is 461 g/mol. The molecule has 30 heavy (non-hydrogen) atoms. The van der Waals surface area contributed by atoms with Crippen LogP contribution < -0.4 is 0 Å². The van der Waals surface area contributed by atoms with Crippen molar-refractivity contribution in [3.05, 3.63) is 0 Å². The Labute approximate surface area is 167 Å². The molecule has 0 saturated heterocycles. The number of hydrogen-bond donors (Lipinski definition) is 0. The van der Waals surface area contributed by atoms with Crippen LogP contribution >= 0.6 is 0 Å². The lowest BCUT2D eigenvalue weighted by Crippen LogP contribution is -2.56. The molecule has 0 aliphatic rings. The van der Waals surface area contributed by atoms with E-state index in [0.29, 0.717) is 6.42 Å². The number of halogens is 8. The zero-order valence-corrected chi connectivity index (χ0v) is 16.5. The number of nitrogens with zero attached hydrogens (tertiary/aromatic N) is 1. The third kappa shape index (κ3) is 7.95. The quantitative estimate of drug-likeness (QED) is 0.272. The summed E-state index contributed by atoms with van der Waals surface area (Å²) in [5.41, 5.74) is 0. The van der Waals surface area contributed by atoms with Gasteiger partial charge in [0, 0.05) is 32.7 Å². The fraction of sp³-hybridized carbons (Fsp3) is 0.875. The molecule has 0 saturated carbocycles. The van der Waals surface area contributed by atoms with Crippen LogP contribution in [0.25, 0.3) is 0 Å². The molecule has 1 amide bonds. The Bertz CT molecular complexity index is 570. The number of Topliss-reactive ketones (excluding diaryl/α,β-unsaturated/α-hetero) is 1. The average Bonchev–Trinajstić information content (AvgIpc) is 2.60. The van der Waals surface area contributed by atoms with Crippen molar-refractivity contribution < 1.29 is 58.9 Å². The summed E-state index contributed by atoms with van der Waals surface area (Å²) >= 11 is 0. The summed E-state index contributed by atoms with van der Waals surface area (Å²) in [6.07, 6.45) is -24.5. The fourth-order valence-electron chi connectivity index (χ4n) is 1.96. The Morgan fingerprint density at radius 2 is 1.23 bits per heavy atom. The van der Waals surface area contributed by atoms with E-state index in [9.17, 15) is 44.7 Å². The van der Waals surface area contributed by atoms with Crippen molar-refractivity contribution in [1.29, 1.82) is 0 Å². The molecule has 6 nitrogen and oxygen atoms in total. The third-order valence-corrected chi connectivity index (χ3v) is 3.52. The van der Waals surface area contributed by atoms with E-state index in [2.05, 4.69) is 9.47 Å². The summed E-state index contributed by atoms with van der Waals surface area (Å²) in [5.74, 6) is -4.69. The van der Waals surface area contributed by atoms with Crippen LogP contribution in [0.15, 0.2) is 0 Å². The molecule has 178 valence electrons. The van der Waals surface area contributed by atoms with Crippen LogP contribution in [0, 0.1) is 0 Å². The van der Waals surface area contributed by atoms with Crippen LogP contribution in [0.1, 0.15) is 40.0 Å². The molecule has 0 heterocycles. The molecule has 0 spiro atoms. The highest BCUT2D eigenvalue weighted by Crippen LogP contribution is 2.44. The van der Waals surface area contributed by atoms with Gasteiger partial charge in [0.05, 0.1) is 0 Å². The second kappa shape index (κ2) is 11.2. The summed E-state index contributed by atoms with van der Waals surface area (Å²) in [6.45, 7) is 3.35. The Balaban J connectivity index is 5.20. The first-order valence-corrected chi connectivity index (χ1v) is 8.89. The number of carbonyl (C=O) groups excluding carboxylic acids is 2. The molecule has 0 aromatic rings. The number of ether oxygens (including phenoxy) is 3. The van der Waals surface area contributed by atoms with Gasteiger partial charge in [-0.1, -0.05) is 6.92 Å². The summed E-state index contributed by atoms with van der Waals surface area (Å²) < 4.78 is 118.